The minimum Gasteiger partial charge on any atom is -0.497 e. The lowest BCUT2D eigenvalue weighted by molar-refractivity contribution is -0.115. The predicted molar refractivity (Wildman–Crippen MR) is 83.8 cm³/mol. The van der Waals surface area contributed by atoms with Gasteiger partial charge in [0.15, 0.2) is 0 Å². The molecule has 5 nitrogen and oxygen atoms in total. The molecule has 0 aliphatic rings. The lowest BCUT2D eigenvalue weighted by Crippen LogP contribution is -2.15. The summed E-state index contributed by atoms with van der Waals surface area (Å²) >= 11 is 3.29. The van der Waals surface area contributed by atoms with E-state index in [2.05, 4.69) is 26.2 Å². The highest BCUT2D eigenvalue weighted by molar-refractivity contribution is 9.10. The average Bonchev–Trinajstić information content (AvgIpc) is 2.49. The van der Waals surface area contributed by atoms with Crippen LogP contribution in [-0.4, -0.2) is 25.1 Å². The maximum atomic E-state index is 12.1. The molecule has 0 aliphatic heterocycles. The van der Waals surface area contributed by atoms with Crippen LogP contribution in [0.4, 0.5) is 5.82 Å². The zero-order chi connectivity index (χ0) is 15.2. The van der Waals surface area contributed by atoms with Crippen molar-refractivity contribution in [2.45, 2.75) is 6.42 Å². The number of benzene rings is 1. The van der Waals surface area contributed by atoms with Crippen molar-refractivity contribution in [3.05, 3.63) is 46.6 Å². The van der Waals surface area contributed by atoms with Crippen molar-refractivity contribution in [3.63, 3.8) is 0 Å². The minimum absolute atomic E-state index is 0.170. The van der Waals surface area contributed by atoms with Gasteiger partial charge in [-0.15, -0.1) is 0 Å². The lowest BCUT2D eigenvalue weighted by atomic mass is 10.1. The fourth-order valence-electron chi connectivity index (χ4n) is 1.83. The smallest absolute Gasteiger partial charge is 0.230 e. The number of hydrogen-bond acceptors (Lipinski definition) is 4. The van der Waals surface area contributed by atoms with Crippen LogP contribution in [0.2, 0.25) is 0 Å². The van der Waals surface area contributed by atoms with Gasteiger partial charge < -0.3 is 14.8 Å². The summed E-state index contributed by atoms with van der Waals surface area (Å²) in [7, 11) is 3.15. The quantitative estimate of drug-likeness (QED) is 0.900. The largest absolute Gasteiger partial charge is 0.497 e. The van der Waals surface area contributed by atoms with E-state index < -0.39 is 0 Å². The van der Waals surface area contributed by atoms with Crippen LogP contribution in [0.1, 0.15) is 5.56 Å². The molecule has 1 heterocycles. The fraction of sp³-hybridized carbons (Fsp3) is 0.200. The standard InChI is InChI=1S/C15H15BrN2O3/c1-20-12-4-5-13(21-2)10(7-12)8-15(19)18-14-6-3-11(16)9-17-14/h3-7,9H,8H2,1-2H3,(H,17,18,19). The Bertz CT molecular complexity index is 629. The molecule has 6 heteroatoms. The highest BCUT2D eigenvalue weighted by Gasteiger charge is 2.11. The molecule has 1 aromatic carbocycles. The molecule has 1 amide bonds. The summed E-state index contributed by atoms with van der Waals surface area (Å²) in [5.74, 6) is 1.66. The first kappa shape index (κ1) is 15.3. The third-order valence-corrected chi connectivity index (χ3v) is 3.30. The summed E-state index contributed by atoms with van der Waals surface area (Å²) in [6.07, 6.45) is 1.81. The number of nitrogens with one attached hydrogen (secondary N) is 1. The maximum Gasteiger partial charge on any atom is 0.230 e. The van der Waals surface area contributed by atoms with E-state index in [0.29, 0.717) is 17.3 Å². The molecule has 0 saturated heterocycles. The van der Waals surface area contributed by atoms with Crippen molar-refractivity contribution in [1.29, 1.82) is 0 Å². The molecule has 110 valence electrons. The molecule has 0 atom stereocenters. The van der Waals surface area contributed by atoms with Crippen LogP contribution in [0.3, 0.4) is 0 Å². The number of ether oxygens (including phenoxy) is 2. The summed E-state index contributed by atoms with van der Waals surface area (Å²) in [5.41, 5.74) is 0.756. The van der Waals surface area contributed by atoms with Crippen molar-refractivity contribution in [2.24, 2.45) is 0 Å². The van der Waals surface area contributed by atoms with Gasteiger partial charge in [-0.2, -0.15) is 0 Å². The van der Waals surface area contributed by atoms with Crippen LogP contribution >= 0.6 is 15.9 Å². The van der Waals surface area contributed by atoms with Crippen molar-refractivity contribution in [2.75, 3.05) is 19.5 Å². The summed E-state index contributed by atoms with van der Waals surface area (Å²) in [4.78, 5) is 16.2. The van der Waals surface area contributed by atoms with Gasteiger partial charge in [-0.05, 0) is 46.3 Å². The van der Waals surface area contributed by atoms with Crippen molar-refractivity contribution in [3.8, 4) is 11.5 Å². The number of carbonyl (C=O) groups excluding carboxylic acids is 1. The van der Waals surface area contributed by atoms with Gasteiger partial charge in [-0.25, -0.2) is 4.98 Å². The van der Waals surface area contributed by atoms with E-state index in [-0.39, 0.29) is 12.3 Å². The Morgan fingerprint density at radius 3 is 2.67 bits per heavy atom. The average molecular weight is 351 g/mol. The lowest BCUT2D eigenvalue weighted by Gasteiger charge is -2.10. The number of nitrogens with zero attached hydrogens (tertiary/aromatic N) is 1. The van der Waals surface area contributed by atoms with Crippen molar-refractivity contribution in [1.82, 2.24) is 4.98 Å². The first-order valence-electron chi connectivity index (χ1n) is 6.24. The van der Waals surface area contributed by atoms with E-state index in [1.807, 2.05) is 6.07 Å². The molecule has 1 aromatic heterocycles. The Morgan fingerprint density at radius 1 is 1.24 bits per heavy atom. The van der Waals surface area contributed by atoms with Crippen LogP contribution in [0.25, 0.3) is 0 Å². The molecule has 0 aliphatic carbocycles. The van der Waals surface area contributed by atoms with E-state index >= 15 is 0 Å². The summed E-state index contributed by atoms with van der Waals surface area (Å²) < 4.78 is 11.3. The molecule has 0 saturated carbocycles. The first-order valence-corrected chi connectivity index (χ1v) is 7.04. The zero-order valence-electron chi connectivity index (χ0n) is 11.7. The number of halogens is 1. The van der Waals surface area contributed by atoms with Gasteiger partial charge in [-0.1, -0.05) is 0 Å². The number of carbonyl (C=O) groups is 1. The van der Waals surface area contributed by atoms with Gasteiger partial charge in [0.05, 0.1) is 20.6 Å². The second-order valence-corrected chi connectivity index (χ2v) is 5.18. The molecule has 0 spiro atoms. The second kappa shape index (κ2) is 7.08. The van der Waals surface area contributed by atoms with E-state index in [1.54, 1.807) is 44.7 Å². The van der Waals surface area contributed by atoms with E-state index in [1.165, 1.54) is 0 Å². The fourth-order valence-corrected chi connectivity index (χ4v) is 2.06. The number of pyridine rings is 1. The molecule has 0 bridgehead atoms. The molecule has 2 rings (SSSR count). The van der Waals surface area contributed by atoms with Gasteiger partial charge in [0.25, 0.3) is 0 Å². The van der Waals surface area contributed by atoms with Gasteiger partial charge >= 0.3 is 0 Å². The van der Waals surface area contributed by atoms with Gasteiger partial charge in [0, 0.05) is 16.2 Å². The van der Waals surface area contributed by atoms with E-state index in [0.717, 1.165) is 10.0 Å². The number of hydrogen-bond donors (Lipinski definition) is 1. The Hall–Kier alpha value is -2.08. The van der Waals surface area contributed by atoms with E-state index in [4.69, 9.17) is 9.47 Å². The second-order valence-electron chi connectivity index (χ2n) is 4.26. The SMILES string of the molecule is COc1ccc(OC)c(CC(=O)Nc2ccc(Br)cn2)c1. The number of anilines is 1. The summed E-state index contributed by atoms with van der Waals surface area (Å²) in [6, 6.07) is 8.89. The predicted octanol–water partition coefficient (Wildman–Crippen LogP) is 3.04. The van der Waals surface area contributed by atoms with Crippen LogP contribution < -0.4 is 14.8 Å². The highest BCUT2D eigenvalue weighted by Crippen LogP contribution is 2.24. The molecular formula is C15H15BrN2O3. The topological polar surface area (TPSA) is 60.5 Å². The monoisotopic (exact) mass is 350 g/mol. The molecule has 0 radical (unpaired) electrons. The third-order valence-electron chi connectivity index (χ3n) is 2.83. The molecule has 1 N–H and O–H groups in total. The molecule has 0 fully saturated rings. The molecular weight excluding hydrogens is 336 g/mol. The normalized spacial score (nSPS) is 10.0. The zero-order valence-corrected chi connectivity index (χ0v) is 13.3. The van der Waals surface area contributed by atoms with Crippen LogP contribution in [-0.2, 0) is 11.2 Å². The van der Waals surface area contributed by atoms with Crippen LogP contribution in [0.5, 0.6) is 11.5 Å². The van der Waals surface area contributed by atoms with Crippen molar-refractivity contribution < 1.29 is 14.3 Å². The Balaban J connectivity index is 2.09. The van der Waals surface area contributed by atoms with Crippen LogP contribution in [0.15, 0.2) is 41.0 Å². The van der Waals surface area contributed by atoms with Crippen molar-refractivity contribution >= 4 is 27.7 Å². The Kier molecular flexibility index (Phi) is 5.16. The number of amides is 1. The number of rotatable bonds is 5. The molecule has 0 unspecified atom stereocenters. The first-order chi connectivity index (χ1) is 10.1. The van der Waals surface area contributed by atoms with Gasteiger partial charge in [-0.3, -0.25) is 4.79 Å². The summed E-state index contributed by atoms with van der Waals surface area (Å²) in [5, 5.41) is 2.74. The summed E-state index contributed by atoms with van der Waals surface area (Å²) in [6.45, 7) is 0. The van der Waals surface area contributed by atoms with Gasteiger partial charge in [0.2, 0.25) is 5.91 Å². The Labute approximate surface area is 131 Å². The number of methoxy groups -OCH3 is 2. The van der Waals surface area contributed by atoms with E-state index in [9.17, 15) is 4.79 Å². The van der Waals surface area contributed by atoms with Crippen LogP contribution in [0, 0.1) is 0 Å². The molecule has 21 heavy (non-hydrogen) atoms. The Morgan fingerprint density at radius 2 is 2.05 bits per heavy atom. The number of aromatic nitrogens is 1. The highest BCUT2D eigenvalue weighted by atomic mass is 79.9. The minimum atomic E-state index is -0.170. The maximum absolute atomic E-state index is 12.1. The molecule has 2 aromatic rings. The van der Waals surface area contributed by atoms with Gasteiger partial charge in [0.1, 0.15) is 17.3 Å². The third kappa shape index (κ3) is 4.19.